The zero-order valence-corrected chi connectivity index (χ0v) is 12.9. The lowest BCUT2D eigenvalue weighted by Crippen LogP contribution is -2.25. The maximum absolute atomic E-state index is 13.5. The third-order valence-corrected chi connectivity index (χ3v) is 4.71. The average molecular weight is 397 g/mol. The molecule has 1 aliphatic heterocycles. The average Bonchev–Trinajstić information content (AvgIpc) is 2.65. The molecule has 1 heterocycles. The van der Waals surface area contributed by atoms with Crippen LogP contribution in [0.25, 0.3) is 0 Å². The molecule has 1 atom stereocenters. The zero-order valence-electron chi connectivity index (χ0n) is 9.95. The first-order chi connectivity index (χ1) is 8.88. The highest BCUT2D eigenvalue weighted by Gasteiger charge is 2.32. The van der Waals surface area contributed by atoms with E-state index in [1.54, 1.807) is 22.6 Å². The quantitative estimate of drug-likeness (QED) is 0.569. The second-order valence-corrected chi connectivity index (χ2v) is 6.72. The van der Waals surface area contributed by atoms with Gasteiger partial charge in [0.05, 0.1) is 3.57 Å². The standard InChI is InChI=1S/C12H10F2INO2S/c1-6(17)19-8-4-11(18)16(5-8)7-2-9(13)12(15)10(14)3-7/h2-3,8H,4-5H2,1H3. The summed E-state index contributed by atoms with van der Waals surface area (Å²) >= 11 is 2.66. The fourth-order valence-corrected chi connectivity index (χ4v) is 3.17. The van der Waals surface area contributed by atoms with Crippen LogP contribution in [0, 0.1) is 15.2 Å². The number of rotatable bonds is 2. The number of halogens is 3. The Morgan fingerprint density at radius 2 is 2.00 bits per heavy atom. The van der Waals surface area contributed by atoms with E-state index < -0.39 is 11.6 Å². The smallest absolute Gasteiger partial charge is 0.228 e. The summed E-state index contributed by atoms with van der Waals surface area (Å²) in [6, 6.07) is 2.28. The predicted octanol–water partition coefficient (Wildman–Crippen LogP) is 2.95. The monoisotopic (exact) mass is 397 g/mol. The van der Waals surface area contributed by atoms with E-state index in [4.69, 9.17) is 0 Å². The van der Waals surface area contributed by atoms with Crippen LogP contribution in [0.15, 0.2) is 12.1 Å². The van der Waals surface area contributed by atoms with Crippen LogP contribution in [0.3, 0.4) is 0 Å². The van der Waals surface area contributed by atoms with E-state index in [1.165, 1.54) is 11.8 Å². The van der Waals surface area contributed by atoms with E-state index in [9.17, 15) is 18.4 Å². The first kappa shape index (κ1) is 14.7. The van der Waals surface area contributed by atoms with Crippen molar-refractivity contribution in [1.29, 1.82) is 0 Å². The van der Waals surface area contributed by atoms with Gasteiger partial charge in [0.1, 0.15) is 11.6 Å². The minimum Gasteiger partial charge on any atom is -0.311 e. The summed E-state index contributed by atoms with van der Waals surface area (Å²) in [4.78, 5) is 24.2. The minimum atomic E-state index is -0.689. The van der Waals surface area contributed by atoms with Gasteiger partial charge in [-0.05, 0) is 34.7 Å². The Kier molecular flexibility index (Phi) is 4.44. The number of hydrogen-bond donors (Lipinski definition) is 0. The fourth-order valence-electron chi connectivity index (χ4n) is 1.94. The summed E-state index contributed by atoms with van der Waals surface area (Å²) < 4.78 is 26.9. The van der Waals surface area contributed by atoms with Gasteiger partial charge in [0, 0.05) is 30.8 Å². The SMILES string of the molecule is CC(=O)SC1CC(=O)N(c2cc(F)c(I)c(F)c2)C1. The number of amides is 1. The van der Waals surface area contributed by atoms with Gasteiger partial charge in [-0.2, -0.15) is 0 Å². The molecule has 7 heteroatoms. The summed E-state index contributed by atoms with van der Waals surface area (Å²) in [6.45, 7) is 1.73. The van der Waals surface area contributed by atoms with Gasteiger partial charge in [0.25, 0.3) is 0 Å². The van der Waals surface area contributed by atoms with Gasteiger partial charge in [0.2, 0.25) is 5.91 Å². The molecule has 0 aliphatic carbocycles. The molecule has 1 amide bonds. The van der Waals surface area contributed by atoms with Crippen molar-refractivity contribution in [3.63, 3.8) is 0 Å². The van der Waals surface area contributed by atoms with Crippen molar-refractivity contribution in [3.8, 4) is 0 Å². The Morgan fingerprint density at radius 3 is 2.53 bits per heavy atom. The molecule has 0 aromatic heterocycles. The molecule has 0 saturated carbocycles. The Labute approximate surface area is 126 Å². The van der Waals surface area contributed by atoms with Gasteiger partial charge in [-0.15, -0.1) is 0 Å². The van der Waals surface area contributed by atoms with Crippen LogP contribution in [0.4, 0.5) is 14.5 Å². The van der Waals surface area contributed by atoms with Crippen molar-refractivity contribution in [2.24, 2.45) is 0 Å². The molecule has 1 unspecified atom stereocenters. The van der Waals surface area contributed by atoms with E-state index in [-0.39, 0.29) is 32.0 Å². The van der Waals surface area contributed by atoms with Crippen LogP contribution in [-0.2, 0) is 9.59 Å². The summed E-state index contributed by atoms with van der Waals surface area (Å²) in [6.07, 6.45) is 0.208. The molecule has 0 bridgehead atoms. The molecule has 0 N–H and O–H groups in total. The largest absolute Gasteiger partial charge is 0.311 e. The van der Waals surface area contributed by atoms with Gasteiger partial charge in [-0.25, -0.2) is 8.78 Å². The van der Waals surface area contributed by atoms with Crippen molar-refractivity contribution >= 4 is 51.1 Å². The molecule has 0 radical (unpaired) electrons. The lowest BCUT2D eigenvalue weighted by Gasteiger charge is -2.17. The Balaban J connectivity index is 2.23. The van der Waals surface area contributed by atoms with Gasteiger partial charge >= 0.3 is 0 Å². The van der Waals surface area contributed by atoms with Crippen LogP contribution < -0.4 is 4.90 Å². The normalized spacial score (nSPS) is 19.1. The van der Waals surface area contributed by atoms with Gasteiger partial charge in [-0.1, -0.05) is 11.8 Å². The van der Waals surface area contributed by atoms with Crippen molar-refractivity contribution in [2.75, 3.05) is 11.4 Å². The summed E-state index contributed by atoms with van der Waals surface area (Å²) in [5, 5.41) is -0.227. The number of nitrogens with zero attached hydrogens (tertiary/aromatic N) is 1. The lowest BCUT2D eigenvalue weighted by molar-refractivity contribution is -0.117. The van der Waals surface area contributed by atoms with Gasteiger partial charge in [-0.3, -0.25) is 9.59 Å². The summed E-state index contributed by atoms with van der Waals surface area (Å²) in [5.74, 6) is -1.60. The maximum atomic E-state index is 13.5. The highest BCUT2D eigenvalue weighted by molar-refractivity contribution is 14.1. The summed E-state index contributed by atoms with van der Waals surface area (Å²) in [7, 11) is 0. The van der Waals surface area contributed by atoms with E-state index >= 15 is 0 Å². The molecular formula is C12H10F2INO2S. The molecule has 0 spiro atoms. The Morgan fingerprint density at radius 1 is 1.42 bits per heavy atom. The highest BCUT2D eigenvalue weighted by atomic mass is 127. The first-order valence-corrected chi connectivity index (χ1v) is 7.46. The second kappa shape index (κ2) is 5.74. The van der Waals surface area contributed by atoms with Gasteiger partial charge in [0.15, 0.2) is 5.12 Å². The number of carbonyl (C=O) groups excluding carboxylic acids is 2. The third kappa shape index (κ3) is 3.25. The fraction of sp³-hybridized carbons (Fsp3) is 0.333. The lowest BCUT2D eigenvalue weighted by atomic mass is 10.3. The number of carbonyl (C=O) groups is 2. The second-order valence-electron chi connectivity index (χ2n) is 4.16. The highest BCUT2D eigenvalue weighted by Crippen LogP contribution is 2.30. The van der Waals surface area contributed by atoms with Crippen LogP contribution in [-0.4, -0.2) is 22.8 Å². The zero-order chi connectivity index (χ0) is 14.2. The Bertz CT molecular complexity index is 530. The number of anilines is 1. The number of hydrogen-bond acceptors (Lipinski definition) is 3. The molecule has 1 aliphatic rings. The summed E-state index contributed by atoms with van der Waals surface area (Å²) in [5.41, 5.74) is 0.201. The third-order valence-electron chi connectivity index (χ3n) is 2.70. The van der Waals surface area contributed by atoms with Crippen LogP contribution in [0.5, 0.6) is 0 Å². The van der Waals surface area contributed by atoms with Crippen LogP contribution in [0.1, 0.15) is 13.3 Å². The minimum absolute atomic E-state index is 0.0698. The van der Waals surface area contributed by atoms with Crippen molar-refractivity contribution < 1.29 is 18.4 Å². The topological polar surface area (TPSA) is 37.4 Å². The number of benzene rings is 1. The molecule has 1 aromatic rings. The van der Waals surface area contributed by atoms with E-state index in [1.807, 2.05) is 0 Å². The molecular weight excluding hydrogens is 387 g/mol. The van der Waals surface area contributed by atoms with Crippen molar-refractivity contribution in [1.82, 2.24) is 0 Å². The molecule has 1 aromatic carbocycles. The molecule has 102 valence electrons. The van der Waals surface area contributed by atoms with E-state index in [0.717, 1.165) is 23.9 Å². The molecule has 2 rings (SSSR count). The molecule has 3 nitrogen and oxygen atoms in total. The van der Waals surface area contributed by atoms with Crippen molar-refractivity contribution in [3.05, 3.63) is 27.3 Å². The Hall–Kier alpha value is -0.700. The van der Waals surface area contributed by atoms with Crippen molar-refractivity contribution in [2.45, 2.75) is 18.6 Å². The molecule has 1 fully saturated rings. The molecule has 1 saturated heterocycles. The van der Waals surface area contributed by atoms with Crippen LogP contribution >= 0.6 is 34.4 Å². The number of thioether (sulfide) groups is 1. The maximum Gasteiger partial charge on any atom is 0.228 e. The predicted molar refractivity (Wildman–Crippen MR) is 78.1 cm³/mol. The van der Waals surface area contributed by atoms with E-state index in [0.29, 0.717) is 6.54 Å². The first-order valence-electron chi connectivity index (χ1n) is 5.50. The van der Waals surface area contributed by atoms with E-state index in [2.05, 4.69) is 0 Å². The molecule has 19 heavy (non-hydrogen) atoms. The van der Waals surface area contributed by atoms with Crippen LogP contribution in [0.2, 0.25) is 0 Å². The van der Waals surface area contributed by atoms with Gasteiger partial charge < -0.3 is 4.90 Å².